The molecular formula is C15H18O3. The lowest BCUT2D eigenvalue weighted by molar-refractivity contribution is -0.140. The molecule has 0 spiro atoms. The van der Waals surface area contributed by atoms with E-state index in [1.54, 1.807) is 0 Å². The van der Waals surface area contributed by atoms with Gasteiger partial charge in [-0.05, 0) is 49.7 Å². The third-order valence-electron chi connectivity index (χ3n) is 4.37. The predicted octanol–water partition coefficient (Wildman–Crippen LogP) is 2.26. The van der Waals surface area contributed by atoms with Crippen LogP contribution in [0.3, 0.4) is 0 Å². The standard InChI is InChI=1S/C15H18O3/c16-13(17)15(9-10-15)12-3-1-11(2-4-12)5-6-14(18)7-8-14/h1-4,18H,5-10H2,(H,16,17). The number of aliphatic hydroxyl groups is 1. The second-order valence-electron chi connectivity index (χ2n) is 5.81. The molecule has 3 rings (SSSR count). The van der Waals surface area contributed by atoms with E-state index in [0.29, 0.717) is 0 Å². The summed E-state index contributed by atoms with van der Waals surface area (Å²) in [6, 6.07) is 7.88. The summed E-state index contributed by atoms with van der Waals surface area (Å²) in [7, 11) is 0. The van der Waals surface area contributed by atoms with Crippen LogP contribution in [0.1, 0.15) is 43.2 Å². The molecule has 3 heteroatoms. The lowest BCUT2D eigenvalue weighted by Gasteiger charge is -2.11. The Balaban J connectivity index is 1.67. The van der Waals surface area contributed by atoms with Crippen LogP contribution in [-0.4, -0.2) is 21.8 Å². The van der Waals surface area contributed by atoms with Crippen LogP contribution in [0.5, 0.6) is 0 Å². The topological polar surface area (TPSA) is 57.5 Å². The third kappa shape index (κ3) is 2.03. The zero-order valence-electron chi connectivity index (χ0n) is 10.4. The Morgan fingerprint density at radius 2 is 1.72 bits per heavy atom. The highest BCUT2D eigenvalue weighted by Gasteiger charge is 2.51. The summed E-state index contributed by atoms with van der Waals surface area (Å²) in [6.45, 7) is 0. The van der Waals surface area contributed by atoms with Crippen molar-refractivity contribution < 1.29 is 15.0 Å². The van der Waals surface area contributed by atoms with E-state index in [4.69, 9.17) is 0 Å². The molecule has 18 heavy (non-hydrogen) atoms. The minimum atomic E-state index is -0.706. The van der Waals surface area contributed by atoms with Gasteiger partial charge in [0.2, 0.25) is 0 Å². The fourth-order valence-corrected chi connectivity index (χ4v) is 2.51. The molecule has 0 atom stereocenters. The minimum Gasteiger partial charge on any atom is -0.481 e. The first-order valence-corrected chi connectivity index (χ1v) is 6.59. The maximum atomic E-state index is 11.2. The second-order valence-corrected chi connectivity index (χ2v) is 5.81. The fraction of sp³-hybridized carbons (Fsp3) is 0.533. The number of hydrogen-bond acceptors (Lipinski definition) is 2. The summed E-state index contributed by atoms with van der Waals surface area (Å²) < 4.78 is 0. The van der Waals surface area contributed by atoms with Crippen molar-refractivity contribution in [2.24, 2.45) is 0 Å². The van der Waals surface area contributed by atoms with Crippen LogP contribution in [0.25, 0.3) is 0 Å². The Hall–Kier alpha value is -1.35. The molecule has 2 N–H and O–H groups in total. The summed E-state index contributed by atoms with van der Waals surface area (Å²) in [6.07, 6.45) is 5.04. The van der Waals surface area contributed by atoms with Gasteiger partial charge < -0.3 is 10.2 Å². The number of rotatable bonds is 5. The van der Waals surface area contributed by atoms with Gasteiger partial charge in [0.15, 0.2) is 0 Å². The minimum absolute atomic E-state index is 0.405. The first kappa shape index (κ1) is 11.7. The lowest BCUT2D eigenvalue weighted by atomic mass is 9.94. The normalized spacial score (nSPS) is 22.5. The number of carboxylic acid groups (broad SMARTS) is 1. The zero-order valence-corrected chi connectivity index (χ0v) is 10.4. The molecule has 0 aliphatic heterocycles. The van der Waals surface area contributed by atoms with E-state index < -0.39 is 17.0 Å². The van der Waals surface area contributed by atoms with Gasteiger partial charge in [0, 0.05) is 0 Å². The van der Waals surface area contributed by atoms with Crippen molar-refractivity contribution in [2.75, 3.05) is 0 Å². The predicted molar refractivity (Wildman–Crippen MR) is 67.5 cm³/mol. The summed E-state index contributed by atoms with van der Waals surface area (Å²) in [5.74, 6) is -0.706. The average molecular weight is 246 g/mol. The molecular weight excluding hydrogens is 228 g/mol. The quantitative estimate of drug-likeness (QED) is 0.837. The molecule has 0 amide bonds. The molecule has 0 bridgehead atoms. The molecule has 2 aliphatic rings. The Kier molecular flexibility index (Phi) is 2.49. The lowest BCUT2D eigenvalue weighted by Crippen LogP contribution is -2.19. The Morgan fingerprint density at radius 1 is 1.11 bits per heavy atom. The van der Waals surface area contributed by atoms with E-state index in [2.05, 4.69) is 0 Å². The molecule has 2 fully saturated rings. The van der Waals surface area contributed by atoms with Gasteiger partial charge in [0.05, 0.1) is 11.0 Å². The molecule has 2 aliphatic carbocycles. The Morgan fingerprint density at radius 3 is 2.17 bits per heavy atom. The van der Waals surface area contributed by atoms with Gasteiger partial charge in [-0.3, -0.25) is 4.79 Å². The number of benzene rings is 1. The van der Waals surface area contributed by atoms with Crippen molar-refractivity contribution in [2.45, 2.75) is 49.5 Å². The molecule has 0 saturated heterocycles. The maximum absolute atomic E-state index is 11.2. The molecule has 0 aromatic heterocycles. The van der Waals surface area contributed by atoms with Gasteiger partial charge in [-0.2, -0.15) is 0 Å². The van der Waals surface area contributed by atoms with E-state index in [1.165, 1.54) is 5.56 Å². The summed E-state index contributed by atoms with van der Waals surface area (Å²) >= 11 is 0. The van der Waals surface area contributed by atoms with Crippen LogP contribution in [0, 0.1) is 0 Å². The van der Waals surface area contributed by atoms with E-state index in [1.807, 2.05) is 24.3 Å². The number of hydrogen-bond donors (Lipinski definition) is 2. The van der Waals surface area contributed by atoms with E-state index in [9.17, 15) is 15.0 Å². The van der Waals surface area contributed by atoms with E-state index in [0.717, 1.165) is 44.1 Å². The van der Waals surface area contributed by atoms with Crippen molar-refractivity contribution in [3.05, 3.63) is 35.4 Å². The largest absolute Gasteiger partial charge is 0.481 e. The summed E-state index contributed by atoms with van der Waals surface area (Å²) in [5, 5.41) is 19.0. The Bertz CT molecular complexity index is 467. The molecule has 0 heterocycles. The number of carbonyl (C=O) groups is 1. The van der Waals surface area contributed by atoms with Crippen LogP contribution in [-0.2, 0) is 16.6 Å². The smallest absolute Gasteiger partial charge is 0.314 e. The van der Waals surface area contributed by atoms with Gasteiger partial charge in [-0.1, -0.05) is 24.3 Å². The average Bonchev–Trinajstić information content (AvgIpc) is 3.24. The number of aryl methyl sites for hydroxylation is 1. The number of aliphatic carboxylic acids is 1. The third-order valence-corrected chi connectivity index (χ3v) is 4.37. The van der Waals surface area contributed by atoms with Crippen LogP contribution in [0.2, 0.25) is 0 Å². The second kappa shape index (κ2) is 3.82. The van der Waals surface area contributed by atoms with Gasteiger partial charge in [0.25, 0.3) is 0 Å². The van der Waals surface area contributed by atoms with Crippen molar-refractivity contribution >= 4 is 5.97 Å². The molecule has 96 valence electrons. The van der Waals surface area contributed by atoms with Crippen molar-refractivity contribution in [3.8, 4) is 0 Å². The fourth-order valence-electron chi connectivity index (χ4n) is 2.51. The van der Waals surface area contributed by atoms with E-state index in [-0.39, 0.29) is 0 Å². The molecule has 0 radical (unpaired) electrons. The van der Waals surface area contributed by atoms with Crippen LogP contribution < -0.4 is 0 Å². The zero-order chi connectivity index (χ0) is 12.8. The van der Waals surface area contributed by atoms with E-state index >= 15 is 0 Å². The highest BCUT2D eigenvalue weighted by Crippen LogP contribution is 2.48. The van der Waals surface area contributed by atoms with Crippen molar-refractivity contribution in [1.29, 1.82) is 0 Å². The monoisotopic (exact) mass is 246 g/mol. The maximum Gasteiger partial charge on any atom is 0.314 e. The van der Waals surface area contributed by atoms with Gasteiger partial charge >= 0.3 is 5.97 Å². The molecule has 1 aromatic carbocycles. The van der Waals surface area contributed by atoms with Gasteiger partial charge in [-0.15, -0.1) is 0 Å². The number of carboxylic acids is 1. The SMILES string of the molecule is O=C(O)C1(c2ccc(CCC3(O)CC3)cc2)CC1. The first-order valence-electron chi connectivity index (χ1n) is 6.59. The Labute approximate surface area is 106 Å². The van der Waals surface area contributed by atoms with Gasteiger partial charge in [0.1, 0.15) is 0 Å². The summed E-state index contributed by atoms with van der Waals surface area (Å²) in [5.41, 5.74) is 1.09. The first-order chi connectivity index (χ1) is 8.54. The highest BCUT2D eigenvalue weighted by molar-refractivity contribution is 5.84. The molecule has 1 aromatic rings. The van der Waals surface area contributed by atoms with Crippen molar-refractivity contribution in [1.82, 2.24) is 0 Å². The van der Waals surface area contributed by atoms with Crippen LogP contribution in [0.15, 0.2) is 24.3 Å². The van der Waals surface area contributed by atoms with Crippen LogP contribution >= 0.6 is 0 Å². The van der Waals surface area contributed by atoms with Crippen LogP contribution in [0.4, 0.5) is 0 Å². The highest BCUT2D eigenvalue weighted by atomic mass is 16.4. The summed E-state index contributed by atoms with van der Waals surface area (Å²) in [4.78, 5) is 11.2. The van der Waals surface area contributed by atoms with Gasteiger partial charge in [-0.25, -0.2) is 0 Å². The molecule has 3 nitrogen and oxygen atoms in total. The van der Waals surface area contributed by atoms with Crippen molar-refractivity contribution in [3.63, 3.8) is 0 Å². The molecule has 0 unspecified atom stereocenters. The molecule has 2 saturated carbocycles.